The van der Waals surface area contributed by atoms with Gasteiger partial charge in [0.1, 0.15) is 11.5 Å². The minimum Gasteiger partial charge on any atom is -0.476 e. The van der Waals surface area contributed by atoms with Crippen molar-refractivity contribution in [3.8, 4) is 0 Å². The Balaban J connectivity index is 1.26. The molecule has 1 aromatic carbocycles. The van der Waals surface area contributed by atoms with Crippen molar-refractivity contribution in [3.05, 3.63) is 52.9 Å². The van der Waals surface area contributed by atoms with Crippen molar-refractivity contribution in [2.24, 2.45) is 0 Å². The van der Waals surface area contributed by atoms with Crippen LogP contribution in [0.1, 0.15) is 29.1 Å². The topological polar surface area (TPSA) is 118 Å². The summed E-state index contributed by atoms with van der Waals surface area (Å²) in [6, 6.07) is 10.4. The number of carbonyl (C=O) groups excluding carboxylic acids is 1. The SMILES string of the molecule is O=C(NCC1(F)CCN(c2ccc3cc(Cl)ccc3n2)CC1)OCc1cc(C(=O)O)no1. The fraction of sp³-hybridized carbons (Fsp3) is 0.333. The third-order valence-electron chi connectivity index (χ3n) is 5.29. The molecule has 1 amide bonds. The second-order valence-corrected chi connectivity index (χ2v) is 7.99. The van der Waals surface area contributed by atoms with E-state index in [2.05, 4.69) is 15.5 Å². The third-order valence-corrected chi connectivity index (χ3v) is 5.53. The summed E-state index contributed by atoms with van der Waals surface area (Å²) in [5, 5.41) is 16.1. The van der Waals surface area contributed by atoms with E-state index < -0.39 is 17.7 Å². The highest BCUT2D eigenvalue weighted by Gasteiger charge is 2.35. The number of carboxylic acids is 1. The first kappa shape index (κ1) is 21.8. The molecule has 0 aliphatic carbocycles. The van der Waals surface area contributed by atoms with Crippen LogP contribution in [0.5, 0.6) is 0 Å². The van der Waals surface area contributed by atoms with E-state index in [4.69, 9.17) is 26.0 Å². The van der Waals surface area contributed by atoms with Gasteiger partial charge in [0.15, 0.2) is 18.1 Å². The molecule has 2 N–H and O–H groups in total. The highest BCUT2D eigenvalue weighted by atomic mass is 35.5. The first-order valence-corrected chi connectivity index (χ1v) is 10.3. The lowest BCUT2D eigenvalue weighted by Gasteiger charge is -2.37. The van der Waals surface area contributed by atoms with Crippen LogP contribution >= 0.6 is 11.6 Å². The second kappa shape index (κ2) is 8.99. The van der Waals surface area contributed by atoms with Gasteiger partial charge in [0.25, 0.3) is 0 Å². The van der Waals surface area contributed by atoms with Gasteiger partial charge in [-0.2, -0.15) is 0 Å². The quantitative estimate of drug-likeness (QED) is 0.567. The standard InChI is InChI=1S/C21H20ClFN4O5/c22-14-2-3-16-13(9-14)1-4-18(25-16)27-7-5-21(23,6-8-27)12-24-20(30)31-11-15-10-17(19(28)29)26-32-15/h1-4,9-10H,5-8,11-12H2,(H,24,30)(H,28,29). The van der Waals surface area contributed by atoms with Crippen LogP contribution in [0.2, 0.25) is 5.02 Å². The minimum atomic E-state index is -1.57. The van der Waals surface area contributed by atoms with Gasteiger partial charge >= 0.3 is 12.1 Å². The number of ether oxygens (including phenoxy) is 1. The fourth-order valence-corrected chi connectivity index (χ4v) is 3.66. The van der Waals surface area contributed by atoms with Gasteiger partial charge in [-0.3, -0.25) is 0 Å². The molecule has 4 rings (SSSR count). The van der Waals surface area contributed by atoms with Crippen LogP contribution in [0, 0.1) is 0 Å². The molecule has 0 spiro atoms. The Bertz CT molecular complexity index is 1150. The number of hydrogen-bond acceptors (Lipinski definition) is 7. The predicted octanol–water partition coefficient (Wildman–Crippen LogP) is 3.81. The second-order valence-electron chi connectivity index (χ2n) is 7.56. The molecule has 3 heterocycles. The Morgan fingerprint density at radius 3 is 2.75 bits per heavy atom. The van der Waals surface area contributed by atoms with Crippen LogP contribution in [-0.4, -0.2) is 52.6 Å². The average Bonchev–Trinajstić information content (AvgIpc) is 3.26. The molecule has 1 fully saturated rings. The van der Waals surface area contributed by atoms with Crippen LogP contribution in [-0.2, 0) is 11.3 Å². The number of aromatic carboxylic acids is 1. The maximum Gasteiger partial charge on any atom is 0.407 e. The number of hydrogen-bond donors (Lipinski definition) is 2. The maximum absolute atomic E-state index is 15.1. The fourth-order valence-electron chi connectivity index (χ4n) is 3.48. The van der Waals surface area contributed by atoms with Gasteiger partial charge in [0.2, 0.25) is 0 Å². The average molecular weight is 463 g/mol. The van der Waals surface area contributed by atoms with Crippen molar-refractivity contribution in [2.45, 2.75) is 25.1 Å². The van der Waals surface area contributed by atoms with Crippen LogP contribution < -0.4 is 10.2 Å². The molecule has 32 heavy (non-hydrogen) atoms. The zero-order valence-corrected chi connectivity index (χ0v) is 17.6. The lowest BCUT2D eigenvalue weighted by Crippen LogP contribution is -2.48. The van der Waals surface area contributed by atoms with Gasteiger partial charge in [-0.25, -0.2) is 19.0 Å². The van der Waals surface area contributed by atoms with Crippen molar-refractivity contribution >= 4 is 40.4 Å². The summed E-state index contributed by atoms with van der Waals surface area (Å²) in [7, 11) is 0. The molecule has 2 aromatic heterocycles. The third kappa shape index (κ3) is 5.08. The lowest BCUT2D eigenvalue weighted by atomic mass is 9.93. The zero-order valence-electron chi connectivity index (χ0n) is 16.9. The molecule has 1 aliphatic rings. The maximum atomic E-state index is 15.1. The van der Waals surface area contributed by atoms with Crippen molar-refractivity contribution in [2.75, 3.05) is 24.5 Å². The molecule has 11 heteroatoms. The highest BCUT2D eigenvalue weighted by Crippen LogP contribution is 2.29. The van der Waals surface area contributed by atoms with E-state index in [1.54, 1.807) is 6.07 Å². The van der Waals surface area contributed by atoms with Gasteiger partial charge < -0.3 is 24.6 Å². The van der Waals surface area contributed by atoms with E-state index >= 15 is 4.39 Å². The predicted molar refractivity (Wildman–Crippen MR) is 114 cm³/mol. The van der Waals surface area contributed by atoms with E-state index in [1.165, 1.54) is 0 Å². The molecular weight excluding hydrogens is 443 g/mol. The molecule has 0 saturated carbocycles. The monoisotopic (exact) mass is 462 g/mol. The first-order chi connectivity index (χ1) is 15.3. The molecular formula is C21H20ClFN4O5. The number of aromatic nitrogens is 2. The molecule has 0 unspecified atom stereocenters. The number of amides is 1. The molecule has 0 bridgehead atoms. The van der Waals surface area contributed by atoms with Gasteiger partial charge in [-0.05, 0) is 30.3 Å². The van der Waals surface area contributed by atoms with Crippen molar-refractivity contribution in [3.63, 3.8) is 0 Å². The molecule has 0 radical (unpaired) electrons. The molecule has 168 valence electrons. The number of rotatable bonds is 6. The largest absolute Gasteiger partial charge is 0.476 e. The zero-order chi connectivity index (χ0) is 22.7. The number of pyridine rings is 1. The van der Waals surface area contributed by atoms with E-state index in [9.17, 15) is 9.59 Å². The van der Waals surface area contributed by atoms with Crippen molar-refractivity contribution in [1.82, 2.24) is 15.5 Å². The number of halogens is 2. The van der Waals surface area contributed by atoms with E-state index in [1.807, 2.05) is 29.2 Å². The molecule has 9 nitrogen and oxygen atoms in total. The van der Waals surface area contributed by atoms with Gasteiger partial charge in [0.05, 0.1) is 12.1 Å². The smallest absolute Gasteiger partial charge is 0.407 e. The summed E-state index contributed by atoms with van der Waals surface area (Å²) >= 11 is 6.01. The Hall–Kier alpha value is -3.40. The summed E-state index contributed by atoms with van der Waals surface area (Å²) in [5.41, 5.74) is -1.04. The molecule has 1 aliphatic heterocycles. The van der Waals surface area contributed by atoms with E-state index in [0.29, 0.717) is 18.1 Å². The molecule has 1 saturated heterocycles. The number of anilines is 1. The van der Waals surface area contributed by atoms with Gasteiger partial charge in [0, 0.05) is 42.4 Å². The molecule has 3 aromatic rings. The number of nitrogens with zero attached hydrogens (tertiary/aromatic N) is 3. The number of benzene rings is 1. The van der Waals surface area contributed by atoms with Gasteiger partial charge in [-0.15, -0.1) is 0 Å². The number of alkyl halides is 1. The number of carbonyl (C=O) groups is 2. The minimum absolute atomic E-state index is 0.0750. The Morgan fingerprint density at radius 2 is 2.03 bits per heavy atom. The summed E-state index contributed by atoms with van der Waals surface area (Å²) in [6.45, 7) is 0.406. The van der Waals surface area contributed by atoms with E-state index in [0.717, 1.165) is 22.8 Å². The molecule has 0 atom stereocenters. The Morgan fingerprint density at radius 1 is 1.25 bits per heavy atom. The number of fused-ring (bicyclic) bond motifs is 1. The normalized spacial score (nSPS) is 15.5. The Labute approximate surface area is 187 Å². The van der Waals surface area contributed by atoms with Crippen LogP contribution in [0.15, 0.2) is 40.9 Å². The first-order valence-electron chi connectivity index (χ1n) is 9.91. The summed E-state index contributed by atoms with van der Waals surface area (Å²) in [5.74, 6) is -0.411. The van der Waals surface area contributed by atoms with Crippen LogP contribution in [0.25, 0.3) is 10.9 Å². The lowest BCUT2D eigenvalue weighted by molar-refractivity contribution is 0.0684. The van der Waals surface area contributed by atoms with E-state index in [-0.39, 0.29) is 37.4 Å². The number of nitrogens with one attached hydrogen (secondary N) is 1. The highest BCUT2D eigenvalue weighted by molar-refractivity contribution is 6.31. The number of alkyl carbamates (subject to hydrolysis) is 1. The summed E-state index contributed by atoms with van der Waals surface area (Å²) in [4.78, 5) is 29.3. The van der Waals surface area contributed by atoms with Crippen LogP contribution in [0.4, 0.5) is 15.0 Å². The number of carboxylic acid groups (broad SMARTS) is 1. The summed E-state index contributed by atoms with van der Waals surface area (Å²) < 4.78 is 24.8. The number of piperidine rings is 1. The van der Waals surface area contributed by atoms with Gasteiger partial charge in [-0.1, -0.05) is 16.8 Å². The summed E-state index contributed by atoms with van der Waals surface area (Å²) in [6.07, 6.45) is -0.386. The van der Waals surface area contributed by atoms with Crippen LogP contribution in [0.3, 0.4) is 0 Å². The van der Waals surface area contributed by atoms with Crippen molar-refractivity contribution in [1.29, 1.82) is 0 Å². The Kier molecular flexibility index (Phi) is 6.13. The van der Waals surface area contributed by atoms with Crippen molar-refractivity contribution < 1.29 is 28.3 Å².